The van der Waals surface area contributed by atoms with Crippen molar-refractivity contribution in [1.29, 1.82) is 0 Å². The highest BCUT2D eigenvalue weighted by molar-refractivity contribution is 7.09. The van der Waals surface area contributed by atoms with Gasteiger partial charge in [0.2, 0.25) is 0 Å². The zero-order valence-electron chi connectivity index (χ0n) is 9.81. The zero-order valence-corrected chi connectivity index (χ0v) is 10.6. The van der Waals surface area contributed by atoms with E-state index < -0.39 is 0 Å². The van der Waals surface area contributed by atoms with Crippen molar-refractivity contribution in [2.45, 2.75) is 26.4 Å². The second kappa shape index (κ2) is 5.27. The third-order valence-corrected chi connectivity index (χ3v) is 3.44. The van der Waals surface area contributed by atoms with E-state index in [0.29, 0.717) is 18.3 Å². The van der Waals surface area contributed by atoms with Crippen LogP contribution in [0.3, 0.4) is 0 Å². The van der Waals surface area contributed by atoms with Crippen LogP contribution >= 0.6 is 11.3 Å². The van der Waals surface area contributed by atoms with Crippen LogP contribution in [0, 0.1) is 5.82 Å². The van der Waals surface area contributed by atoms with Crippen molar-refractivity contribution in [3.05, 3.63) is 46.2 Å². The monoisotopic (exact) mass is 251 g/mol. The number of ether oxygens (including phenoxy) is 1. The molecule has 2 aromatic rings. The number of thiazole rings is 1. The molecule has 0 aliphatic heterocycles. The maximum absolute atomic E-state index is 12.9. The van der Waals surface area contributed by atoms with Gasteiger partial charge in [-0.05, 0) is 12.1 Å². The Kier molecular flexibility index (Phi) is 3.74. The average molecular weight is 251 g/mol. The molecule has 1 aromatic heterocycles. The summed E-state index contributed by atoms with van der Waals surface area (Å²) in [6.45, 7) is 4.60. The molecule has 0 amide bonds. The fourth-order valence-corrected chi connectivity index (χ4v) is 2.19. The lowest BCUT2D eigenvalue weighted by molar-refractivity contribution is 0.300. The minimum atomic E-state index is -0.288. The molecule has 17 heavy (non-hydrogen) atoms. The first-order valence-corrected chi connectivity index (χ1v) is 6.36. The van der Waals surface area contributed by atoms with E-state index in [9.17, 15) is 4.39 Å². The van der Waals surface area contributed by atoms with Crippen LogP contribution < -0.4 is 4.74 Å². The molecule has 2 nitrogen and oxygen atoms in total. The van der Waals surface area contributed by atoms with E-state index >= 15 is 0 Å². The van der Waals surface area contributed by atoms with Crippen LogP contribution in [-0.4, -0.2) is 4.98 Å². The molecular weight excluding hydrogens is 237 g/mol. The Morgan fingerprint density at radius 1 is 1.41 bits per heavy atom. The maximum Gasteiger partial charge on any atom is 0.131 e. The number of halogens is 1. The normalized spacial score (nSPS) is 10.8. The molecule has 0 unspecified atom stereocenters. The Bertz CT molecular complexity index is 496. The van der Waals surface area contributed by atoms with Crippen LogP contribution in [0.15, 0.2) is 29.6 Å². The Balaban J connectivity index is 1.97. The summed E-state index contributed by atoms with van der Waals surface area (Å²) in [5.74, 6) is 0.677. The van der Waals surface area contributed by atoms with Gasteiger partial charge in [-0.1, -0.05) is 19.9 Å². The summed E-state index contributed by atoms with van der Waals surface area (Å²) in [7, 11) is 0. The topological polar surface area (TPSA) is 22.1 Å². The van der Waals surface area contributed by atoms with Crippen LogP contribution in [0.4, 0.5) is 4.39 Å². The van der Waals surface area contributed by atoms with Crippen LogP contribution in [0.1, 0.15) is 30.5 Å². The van der Waals surface area contributed by atoms with E-state index in [0.717, 1.165) is 10.7 Å². The molecule has 0 radical (unpaired) electrons. The molecule has 0 saturated carbocycles. The average Bonchev–Trinajstić information content (AvgIpc) is 2.75. The molecule has 0 aliphatic rings. The largest absolute Gasteiger partial charge is 0.487 e. The summed E-state index contributed by atoms with van der Waals surface area (Å²) < 4.78 is 18.4. The van der Waals surface area contributed by atoms with Crippen molar-refractivity contribution in [2.75, 3.05) is 0 Å². The SMILES string of the molecule is CC(C)c1nc(COc2cccc(F)c2)cs1. The quantitative estimate of drug-likeness (QED) is 0.819. The fourth-order valence-electron chi connectivity index (χ4n) is 1.37. The lowest BCUT2D eigenvalue weighted by Gasteiger charge is -2.03. The van der Waals surface area contributed by atoms with E-state index in [1.807, 2.05) is 5.38 Å². The smallest absolute Gasteiger partial charge is 0.131 e. The van der Waals surface area contributed by atoms with Crippen molar-refractivity contribution in [2.24, 2.45) is 0 Å². The van der Waals surface area contributed by atoms with Crippen molar-refractivity contribution < 1.29 is 9.13 Å². The molecule has 2 rings (SSSR count). The van der Waals surface area contributed by atoms with Gasteiger partial charge in [-0.15, -0.1) is 11.3 Å². The van der Waals surface area contributed by atoms with Crippen molar-refractivity contribution in [3.63, 3.8) is 0 Å². The van der Waals surface area contributed by atoms with Gasteiger partial charge < -0.3 is 4.74 Å². The minimum absolute atomic E-state index is 0.288. The van der Waals surface area contributed by atoms with Crippen LogP contribution in [0.5, 0.6) is 5.75 Å². The van der Waals surface area contributed by atoms with Gasteiger partial charge in [0.05, 0.1) is 10.7 Å². The summed E-state index contributed by atoms with van der Waals surface area (Å²) in [4.78, 5) is 4.45. The number of hydrogen-bond donors (Lipinski definition) is 0. The molecule has 1 aromatic carbocycles. The maximum atomic E-state index is 12.9. The molecule has 0 aliphatic carbocycles. The first-order valence-electron chi connectivity index (χ1n) is 5.48. The second-order valence-electron chi connectivity index (χ2n) is 4.08. The van der Waals surface area contributed by atoms with E-state index in [1.54, 1.807) is 23.5 Å². The van der Waals surface area contributed by atoms with Crippen molar-refractivity contribution in [1.82, 2.24) is 4.98 Å². The molecule has 0 saturated heterocycles. The molecule has 0 atom stereocenters. The summed E-state index contributed by atoms with van der Waals surface area (Å²) in [5.41, 5.74) is 0.892. The minimum Gasteiger partial charge on any atom is -0.487 e. The summed E-state index contributed by atoms with van der Waals surface area (Å²) >= 11 is 1.63. The van der Waals surface area contributed by atoms with Gasteiger partial charge >= 0.3 is 0 Å². The molecular formula is C13H14FNOS. The Hall–Kier alpha value is -1.42. The fraction of sp³-hybridized carbons (Fsp3) is 0.308. The van der Waals surface area contributed by atoms with Gasteiger partial charge in [0.25, 0.3) is 0 Å². The Morgan fingerprint density at radius 2 is 2.24 bits per heavy atom. The molecule has 0 fully saturated rings. The third-order valence-electron chi connectivity index (χ3n) is 2.25. The standard InChI is InChI=1S/C13H14FNOS/c1-9(2)13-15-11(8-17-13)7-16-12-5-3-4-10(14)6-12/h3-6,8-9H,7H2,1-2H3. The third kappa shape index (κ3) is 3.27. The Labute approximate surface area is 104 Å². The number of rotatable bonds is 4. The predicted octanol–water partition coefficient (Wildman–Crippen LogP) is 3.98. The molecule has 90 valence electrons. The number of hydrogen-bond acceptors (Lipinski definition) is 3. The van der Waals surface area contributed by atoms with Gasteiger partial charge in [0.15, 0.2) is 0 Å². The molecule has 0 spiro atoms. The van der Waals surface area contributed by atoms with E-state index in [4.69, 9.17) is 4.74 Å². The van der Waals surface area contributed by atoms with Gasteiger partial charge in [0.1, 0.15) is 18.2 Å². The van der Waals surface area contributed by atoms with E-state index in [2.05, 4.69) is 18.8 Å². The highest BCUT2D eigenvalue weighted by Crippen LogP contribution is 2.20. The molecule has 4 heteroatoms. The first-order chi connectivity index (χ1) is 8.15. The van der Waals surface area contributed by atoms with Crippen LogP contribution in [-0.2, 0) is 6.61 Å². The van der Waals surface area contributed by atoms with Gasteiger partial charge in [-0.25, -0.2) is 9.37 Å². The van der Waals surface area contributed by atoms with Crippen LogP contribution in [0.2, 0.25) is 0 Å². The number of benzene rings is 1. The predicted molar refractivity (Wildman–Crippen MR) is 66.9 cm³/mol. The molecule has 1 heterocycles. The second-order valence-corrected chi connectivity index (χ2v) is 4.97. The Morgan fingerprint density at radius 3 is 2.88 bits per heavy atom. The van der Waals surface area contributed by atoms with Gasteiger partial charge in [0, 0.05) is 17.4 Å². The highest BCUT2D eigenvalue weighted by Gasteiger charge is 2.06. The van der Waals surface area contributed by atoms with Gasteiger partial charge in [-0.3, -0.25) is 0 Å². The highest BCUT2D eigenvalue weighted by atomic mass is 32.1. The molecule has 0 bridgehead atoms. The van der Waals surface area contributed by atoms with Crippen LogP contribution in [0.25, 0.3) is 0 Å². The summed E-state index contributed by atoms with van der Waals surface area (Å²) in [5, 5.41) is 3.08. The summed E-state index contributed by atoms with van der Waals surface area (Å²) in [6, 6.07) is 6.13. The first kappa shape index (κ1) is 12.0. The van der Waals surface area contributed by atoms with Crippen molar-refractivity contribution >= 4 is 11.3 Å². The van der Waals surface area contributed by atoms with Gasteiger partial charge in [-0.2, -0.15) is 0 Å². The van der Waals surface area contributed by atoms with E-state index in [-0.39, 0.29) is 5.82 Å². The van der Waals surface area contributed by atoms with E-state index in [1.165, 1.54) is 12.1 Å². The lowest BCUT2D eigenvalue weighted by atomic mass is 10.2. The number of nitrogens with zero attached hydrogens (tertiary/aromatic N) is 1. The molecule has 0 N–H and O–H groups in total. The van der Waals surface area contributed by atoms with Crippen molar-refractivity contribution in [3.8, 4) is 5.75 Å². The zero-order chi connectivity index (χ0) is 12.3. The summed E-state index contributed by atoms with van der Waals surface area (Å²) in [6.07, 6.45) is 0. The number of aromatic nitrogens is 1. The lowest BCUT2D eigenvalue weighted by Crippen LogP contribution is -1.97.